The van der Waals surface area contributed by atoms with Gasteiger partial charge in [-0.1, -0.05) is 96.1 Å². The SMILES string of the molecule is [N-]=[N+]=N[C@H](CO)[C@@H](OCc1ccccc1)[C@H](OCc1ccccc1)[C@H](O)COCc1ccccc1. The van der Waals surface area contributed by atoms with Gasteiger partial charge < -0.3 is 24.4 Å². The summed E-state index contributed by atoms with van der Waals surface area (Å²) in [6, 6.07) is 27.7. The zero-order valence-corrected chi connectivity index (χ0v) is 19.5. The Bertz CT molecular complexity index is 1020. The molecule has 3 rings (SSSR count). The summed E-state index contributed by atoms with van der Waals surface area (Å²) in [6.45, 7) is 0.200. The summed E-state index contributed by atoms with van der Waals surface area (Å²) < 4.78 is 18.0. The largest absolute Gasteiger partial charge is 0.396 e. The number of rotatable bonds is 15. The number of aliphatic hydroxyl groups excluding tert-OH is 2. The molecule has 0 aromatic heterocycles. The van der Waals surface area contributed by atoms with Crippen molar-refractivity contribution in [3.8, 4) is 0 Å². The molecule has 0 spiro atoms. The maximum atomic E-state index is 11.1. The van der Waals surface area contributed by atoms with Gasteiger partial charge in [0.05, 0.1) is 45.2 Å². The van der Waals surface area contributed by atoms with E-state index >= 15 is 0 Å². The summed E-state index contributed by atoms with van der Waals surface area (Å²) in [5, 5.41) is 24.8. The van der Waals surface area contributed by atoms with Gasteiger partial charge in [-0.15, -0.1) is 0 Å². The average molecular weight is 478 g/mol. The molecule has 2 N–H and O–H groups in total. The monoisotopic (exact) mass is 477 g/mol. The first-order valence-electron chi connectivity index (χ1n) is 11.5. The molecule has 0 saturated heterocycles. The lowest BCUT2D eigenvalue weighted by Crippen LogP contribution is -2.49. The van der Waals surface area contributed by atoms with E-state index in [9.17, 15) is 10.2 Å². The van der Waals surface area contributed by atoms with Crippen molar-refractivity contribution in [1.82, 2.24) is 0 Å². The van der Waals surface area contributed by atoms with E-state index in [2.05, 4.69) is 10.0 Å². The van der Waals surface area contributed by atoms with Crippen molar-refractivity contribution in [2.45, 2.75) is 44.2 Å². The van der Waals surface area contributed by atoms with Crippen LogP contribution in [0.15, 0.2) is 96.1 Å². The highest BCUT2D eigenvalue weighted by atomic mass is 16.6. The molecule has 0 unspecified atom stereocenters. The third-order valence-electron chi connectivity index (χ3n) is 5.44. The molecule has 184 valence electrons. The Morgan fingerprint density at radius 2 is 1.17 bits per heavy atom. The number of aliphatic hydroxyl groups is 2. The maximum absolute atomic E-state index is 11.1. The maximum Gasteiger partial charge on any atom is 0.113 e. The van der Waals surface area contributed by atoms with Crippen LogP contribution in [0.25, 0.3) is 10.4 Å². The van der Waals surface area contributed by atoms with Gasteiger partial charge in [-0.05, 0) is 22.2 Å². The molecule has 0 bridgehead atoms. The Morgan fingerprint density at radius 1 is 0.714 bits per heavy atom. The van der Waals surface area contributed by atoms with E-state index in [1.54, 1.807) is 0 Å². The van der Waals surface area contributed by atoms with Gasteiger partial charge in [0.2, 0.25) is 0 Å². The average Bonchev–Trinajstić information content (AvgIpc) is 2.91. The molecule has 0 saturated carbocycles. The van der Waals surface area contributed by atoms with Crippen LogP contribution in [0.3, 0.4) is 0 Å². The van der Waals surface area contributed by atoms with Crippen molar-refractivity contribution in [2.24, 2.45) is 5.11 Å². The molecule has 8 nitrogen and oxygen atoms in total. The van der Waals surface area contributed by atoms with E-state index in [1.165, 1.54) is 0 Å². The molecule has 35 heavy (non-hydrogen) atoms. The van der Waals surface area contributed by atoms with Gasteiger partial charge >= 0.3 is 0 Å². The molecule has 0 heterocycles. The van der Waals surface area contributed by atoms with E-state index in [1.807, 2.05) is 91.0 Å². The Morgan fingerprint density at radius 3 is 1.63 bits per heavy atom. The second kappa shape index (κ2) is 14.9. The lowest BCUT2D eigenvalue weighted by molar-refractivity contribution is -0.156. The highest BCUT2D eigenvalue weighted by molar-refractivity contribution is 5.15. The highest BCUT2D eigenvalue weighted by Crippen LogP contribution is 2.20. The van der Waals surface area contributed by atoms with E-state index in [4.69, 9.17) is 19.7 Å². The fourth-order valence-electron chi connectivity index (χ4n) is 3.62. The lowest BCUT2D eigenvalue weighted by atomic mass is 10.0. The van der Waals surface area contributed by atoms with Gasteiger partial charge in [0.25, 0.3) is 0 Å². The summed E-state index contributed by atoms with van der Waals surface area (Å²) in [6.07, 6.45) is -2.96. The van der Waals surface area contributed by atoms with Crippen molar-refractivity contribution < 1.29 is 24.4 Å². The quantitative estimate of drug-likeness (QED) is 0.191. The van der Waals surface area contributed by atoms with Crippen LogP contribution in [-0.2, 0) is 34.0 Å². The predicted molar refractivity (Wildman–Crippen MR) is 132 cm³/mol. The summed E-state index contributed by atoms with van der Waals surface area (Å²) >= 11 is 0. The van der Waals surface area contributed by atoms with Gasteiger partial charge in [0.1, 0.15) is 12.2 Å². The molecule has 8 heteroatoms. The standard InChI is InChI=1S/C27H31N3O5/c28-30-29-24(16-31)26(34-18-22-12-6-2-7-13-22)27(35-19-23-14-8-3-9-15-23)25(32)20-33-17-21-10-4-1-5-11-21/h1-15,24-27,31-32H,16-20H2/t24-,25-,26-,27-/m1/s1. The van der Waals surface area contributed by atoms with Crippen LogP contribution in [-0.4, -0.2) is 47.8 Å². The van der Waals surface area contributed by atoms with E-state index in [-0.39, 0.29) is 19.8 Å². The molecule has 3 aromatic carbocycles. The molecule has 0 amide bonds. The third kappa shape index (κ3) is 8.81. The van der Waals surface area contributed by atoms with Crippen LogP contribution in [0.1, 0.15) is 16.7 Å². The number of azide groups is 1. The second-order valence-electron chi connectivity index (χ2n) is 8.05. The number of ether oxygens (including phenoxy) is 3. The molecule has 4 atom stereocenters. The minimum Gasteiger partial charge on any atom is -0.396 e. The number of hydrogen-bond acceptors (Lipinski definition) is 6. The lowest BCUT2D eigenvalue weighted by Gasteiger charge is -2.34. The number of hydrogen-bond donors (Lipinski definition) is 2. The third-order valence-corrected chi connectivity index (χ3v) is 5.44. The minimum absolute atomic E-state index is 0.0338. The van der Waals surface area contributed by atoms with E-state index in [0.29, 0.717) is 6.61 Å². The molecule has 0 fully saturated rings. The van der Waals surface area contributed by atoms with Crippen LogP contribution in [0, 0.1) is 0 Å². The van der Waals surface area contributed by atoms with Gasteiger partial charge in [-0.25, -0.2) is 0 Å². The van der Waals surface area contributed by atoms with Crippen molar-refractivity contribution in [3.63, 3.8) is 0 Å². The zero-order chi connectivity index (χ0) is 24.7. The zero-order valence-electron chi connectivity index (χ0n) is 19.5. The molecular formula is C27H31N3O5. The smallest absolute Gasteiger partial charge is 0.113 e. The Kier molecular flexibility index (Phi) is 11.2. The van der Waals surface area contributed by atoms with E-state index < -0.39 is 31.0 Å². The fraction of sp³-hybridized carbons (Fsp3) is 0.333. The van der Waals surface area contributed by atoms with Gasteiger partial charge in [-0.2, -0.15) is 0 Å². The Balaban J connectivity index is 1.77. The molecule has 0 aliphatic rings. The number of benzene rings is 3. The number of nitrogens with zero attached hydrogens (tertiary/aromatic N) is 3. The van der Waals surface area contributed by atoms with Crippen molar-refractivity contribution in [3.05, 3.63) is 118 Å². The molecular weight excluding hydrogens is 446 g/mol. The Hall–Kier alpha value is -3.23. The fourth-order valence-corrected chi connectivity index (χ4v) is 3.62. The van der Waals surface area contributed by atoms with E-state index in [0.717, 1.165) is 16.7 Å². The first-order chi connectivity index (χ1) is 17.2. The molecule has 0 aliphatic heterocycles. The van der Waals surface area contributed by atoms with Crippen LogP contribution >= 0.6 is 0 Å². The molecule has 0 radical (unpaired) electrons. The van der Waals surface area contributed by atoms with Crippen molar-refractivity contribution in [1.29, 1.82) is 0 Å². The summed E-state index contributed by atoms with van der Waals surface area (Å²) in [5.41, 5.74) is 11.8. The van der Waals surface area contributed by atoms with Crippen molar-refractivity contribution >= 4 is 0 Å². The normalized spacial score (nSPS) is 14.5. The summed E-state index contributed by atoms with van der Waals surface area (Å²) in [5.74, 6) is 0. The first kappa shape index (κ1) is 26.4. The van der Waals surface area contributed by atoms with Crippen LogP contribution in [0.5, 0.6) is 0 Å². The Labute approximate surface area is 205 Å². The highest BCUT2D eigenvalue weighted by Gasteiger charge is 2.36. The summed E-state index contributed by atoms with van der Waals surface area (Å²) in [7, 11) is 0. The van der Waals surface area contributed by atoms with Crippen LogP contribution in [0.4, 0.5) is 0 Å². The molecule has 0 aliphatic carbocycles. The van der Waals surface area contributed by atoms with Crippen molar-refractivity contribution in [2.75, 3.05) is 13.2 Å². The van der Waals surface area contributed by atoms with Crippen LogP contribution in [0.2, 0.25) is 0 Å². The van der Waals surface area contributed by atoms with Crippen LogP contribution < -0.4 is 0 Å². The summed E-state index contributed by atoms with van der Waals surface area (Å²) in [4.78, 5) is 2.86. The van der Waals surface area contributed by atoms with Gasteiger partial charge in [0.15, 0.2) is 0 Å². The first-order valence-corrected chi connectivity index (χ1v) is 11.5. The second-order valence-corrected chi connectivity index (χ2v) is 8.05. The molecule has 3 aromatic rings. The topological polar surface area (TPSA) is 117 Å². The van der Waals surface area contributed by atoms with Gasteiger partial charge in [0, 0.05) is 4.91 Å². The van der Waals surface area contributed by atoms with Gasteiger partial charge in [-0.3, -0.25) is 0 Å². The predicted octanol–water partition coefficient (Wildman–Crippen LogP) is 4.41. The minimum atomic E-state index is -1.11.